The molecule has 6 heteroatoms. The smallest absolute Gasteiger partial charge is 0.345 e. The number of carboxylic acids is 1. The third-order valence-electron chi connectivity index (χ3n) is 2.49. The normalized spacial score (nSPS) is 10.1. The molecule has 0 atom stereocenters. The fourth-order valence-corrected chi connectivity index (χ4v) is 2.29. The number of thiophene rings is 1. The molecule has 0 aliphatic carbocycles. The highest BCUT2D eigenvalue weighted by molar-refractivity contribution is 7.15. The molecule has 98 valence electrons. The molecule has 2 aromatic heterocycles. The molecular weight excluding hydrogens is 264 g/mol. The van der Waals surface area contributed by atoms with Crippen LogP contribution in [0.1, 0.15) is 24.9 Å². The molecule has 2 heterocycles. The van der Waals surface area contributed by atoms with Gasteiger partial charge in [0.25, 0.3) is 5.91 Å². The molecular formula is C13H12N2O3S. The van der Waals surface area contributed by atoms with E-state index in [-0.39, 0.29) is 10.8 Å². The molecule has 2 N–H and O–H groups in total. The van der Waals surface area contributed by atoms with E-state index in [4.69, 9.17) is 5.11 Å². The number of aromatic nitrogens is 1. The second-order valence-corrected chi connectivity index (χ2v) is 4.91. The maximum Gasteiger partial charge on any atom is 0.345 e. The fourth-order valence-electron chi connectivity index (χ4n) is 1.53. The molecule has 0 aromatic carbocycles. The number of nitrogens with zero attached hydrogens (tertiary/aromatic N) is 1. The Kier molecular flexibility index (Phi) is 4.25. The maximum atomic E-state index is 11.8. The Balaban J connectivity index is 1.85. The maximum absolute atomic E-state index is 11.8. The summed E-state index contributed by atoms with van der Waals surface area (Å²) in [6.45, 7) is 0.503. The zero-order chi connectivity index (χ0) is 13.7. The molecule has 0 radical (unpaired) electrons. The van der Waals surface area contributed by atoms with Gasteiger partial charge in [-0.2, -0.15) is 0 Å². The van der Waals surface area contributed by atoms with Crippen LogP contribution in [0.5, 0.6) is 0 Å². The lowest BCUT2D eigenvalue weighted by atomic mass is 10.2. The topological polar surface area (TPSA) is 79.3 Å². The third kappa shape index (κ3) is 3.62. The Hall–Kier alpha value is -2.21. The molecule has 2 aromatic rings. The van der Waals surface area contributed by atoms with Gasteiger partial charge in [0.1, 0.15) is 4.88 Å². The lowest BCUT2D eigenvalue weighted by Crippen LogP contribution is -2.24. The Bertz CT molecular complexity index is 581. The minimum absolute atomic E-state index is 0.166. The van der Waals surface area contributed by atoms with Crippen LogP contribution in [0.4, 0.5) is 0 Å². The largest absolute Gasteiger partial charge is 0.477 e. The molecule has 0 spiro atoms. The summed E-state index contributed by atoms with van der Waals surface area (Å²) in [5.74, 6) is -1.26. The first-order valence-electron chi connectivity index (χ1n) is 5.67. The lowest BCUT2D eigenvalue weighted by molar-refractivity contribution is 0.0702. The van der Waals surface area contributed by atoms with E-state index in [2.05, 4.69) is 10.3 Å². The molecule has 0 saturated heterocycles. The first-order chi connectivity index (χ1) is 9.16. The number of hydrogen-bond acceptors (Lipinski definition) is 4. The predicted molar refractivity (Wildman–Crippen MR) is 71.6 cm³/mol. The van der Waals surface area contributed by atoms with Crippen molar-refractivity contribution in [2.45, 2.75) is 6.42 Å². The van der Waals surface area contributed by atoms with E-state index < -0.39 is 5.97 Å². The van der Waals surface area contributed by atoms with Crippen molar-refractivity contribution in [1.29, 1.82) is 0 Å². The number of rotatable bonds is 5. The summed E-state index contributed by atoms with van der Waals surface area (Å²) in [5, 5.41) is 11.5. The van der Waals surface area contributed by atoms with E-state index in [1.54, 1.807) is 12.4 Å². The molecule has 19 heavy (non-hydrogen) atoms. The van der Waals surface area contributed by atoms with Crippen LogP contribution < -0.4 is 5.32 Å². The SMILES string of the molecule is O=C(O)c1ccc(C(=O)NCCc2ccncc2)s1. The number of aromatic carboxylic acids is 1. The summed E-state index contributed by atoms with van der Waals surface area (Å²) in [6.07, 6.45) is 4.12. The Morgan fingerprint density at radius 1 is 1.16 bits per heavy atom. The van der Waals surface area contributed by atoms with Gasteiger partial charge in [0.2, 0.25) is 0 Å². The van der Waals surface area contributed by atoms with Gasteiger partial charge in [0.15, 0.2) is 0 Å². The number of carbonyl (C=O) groups excluding carboxylic acids is 1. The minimum Gasteiger partial charge on any atom is -0.477 e. The summed E-state index contributed by atoms with van der Waals surface area (Å²) in [4.78, 5) is 27.0. The first-order valence-corrected chi connectivity index (χ1v) is 6.48. The first kappa shape index (κ1) is 13.2. The molecule has 0 aliphatic heterocycles. The van der Waals surface area contributed by atoms with Crippen LogP contribution in [-0.4, -0.2) is 28.5 Å². The lowest BCUT2D eigenvalue weighted by Gasteiger charge is -2.03. The van der Waals surface area contributed by atoms with Gasteiger partial charge in [-0.25, -0.2) is 4.79 Å². The highest BCUT2D eigenvalue weighted by atomic mass is 32.1. The molecule has 0 unspecified atom stereocenters. The van der Waals surface area contributed by atoms with E-state index in [1.165, 1.54) is 12.1 Å². The van der Waals surface area contributed by atoms with Crippen molar-refractivity contribution in [2.24, 2.45) is 0 Å². The Morgan fingerprint density at radius 3 is 2.47 bits per heavy atom. The van der Waals surface area contributed by atoms with E-state index >= 15 is 0 Å². The van der Waals surface area contributed by atoms with E-state index in [0.29, 0.717) is 17.8 Å². The van der Waals surface area contributed by atoms with Crippen LogP contribution in [0.2, 0.25) is 0 Å². The fraction of sp³-hybridized carbons (Fsp3) is 0.154. The van der Waals surface area contributed by atoms with Crippen molar-refractivity contribution in [3.8, 4) is 0 Å². The van der Waals surface area contributed by atoms with Gasteiger partial charge >= 0.3 is 5.97 Å². The van der Waals surface area contributed by atoms with Crippen LogP contribution in [0, 0.1) is 0 Å². The average Bonchev–Trinajstić information content (AvgIpc) is 2.89. The van der Waals surface area contributed by atoms with Crippen LogP contribution >= 0.6 is 11.3 Å². The Morgan fingerprint density at radius 2 is 1.84 bits per heavy atom. The second-order valence-electron chi connectivity index (χ2n) is 3.83. The Labute approximate surface area is 113 Å². The van der Waals surface area contributed by atoms with E-state index in [9.17, 15) is 9.59 Å². The summed E-state index contributed by atoms with van der Waals surface area (Å²) in [6, 6.07) is 6.74. The molecule has 0 saturated carbocycles. The van der Waals surface area contributed by atoms with Gasteiger partial charge in [-0.3, -0.25) is 9.78 Å². The number of amides is 1. The van der Waals surface area contributed by atoms with Crippen molar-refractivity contribution in [2.75, 3.05) is 6.54 Å². The number of pyridine rings is 1. The average molecular weight is 276 g/mol. The minimum atomic E-state index is -1.01. The van der Waals surface area contributed by atoms with Crippen LogP contribution in [-0.2, 0) is 6.42 Å². The monoisotopic (exact) mass is 276 g/mol. The second kappa shape index (κ2) is 6.10. The van der Waals surface area contributed by atoms with Crippen molar-refractivity contribution in [3.63, 3.8) is 0 Å². The molecule has 0 bridgehead atoms. The number of carbonyl (C=O) groups is 2. The van der Waals surface area contributed by atoms with Crippen LogP contribution in [0.3, 0.4) is 0 Å². The summed E-state index contributed by atoms with van der Waals surface area (Å²) in [7, 11) is 0. The summed E-state index contributed by atoms with van der Waals surface area (Å²) >= 11 is 0.974. The van der Waals surface area contributed by atoms with Gasteiger partial charge in [-0.05, 0) is 36.2 Å². The van der Waals surface area contributed by atoms with Crippen molar-refractivity contribution >= 4 is 23.2 Å². The van der Waals surface area contributed by atoms with Crippen LogP contribution in [0.25, 0.3) is 0 Å². The molecule has 5 nitrogen and oxygen atoms in total. The van der Waals surface area contributed by atoms with Gasteiger partial charge < -0.3 is 10.4 Å². The summed E-state index contributed by atoms with van der Waals surface area (Å²) < 4.78 is 0. The van der Waals surface area contributed by atoms with E-state index in [1.807, 2.05) is 12.1 Å². The predicted octanol–water partition coefficient (Wildman–Crippen LogP) is 1.81. The van der Waals surface area contributed by atoms with Gasteiger partial charge in [-0.15, -0.1) is 11.3 Å². The molecule has 2 rings (SSSR count). The van der Waals surface area contributed by atoms with Crippen LogP contribution in [0.15, 0.2) is 36.7 Å². The van der Waals surface area contributed by atoms with Crippen molar-refractivity contribution in [3.05, 3.63) is 52.0 Å². The number of carboxylic acid groups (broad SMARTS) is 1. The van der Waals surface area contributed by atoms with Gasteiger partial charge in [0.05, 0.1) is 4.88 Å². The van der Waals surface area contributed by atoms with Crippen molar-refractivity contribution in [1.82, 2.24) is 10.3 Å². The number of hydrogen-bond donors (Lipinski definition) is 2. The third-order valence-corrected chi connectivity index (χ3v) is 3.56. The number of nitrogens with one attached hydrogen (secondary N) is 1. The zero-order valence-electron chi connectivity index (χ0n) is 10.00. The molecule has 0 aliphatic rings. The summed E-state index contributed by atoms with van der Waals surface area (Å²) in [5.41, 5.74) is 1.09. The quantitative estimate of drug-likeness (QED) is 0.873. The van der Waals surface area contributed by atoms with Crippen molar-refractivity contribution < 1.29 is 14.7 Å². The van der Waals surface area contributed by atoms with E-state index in [0.717, 1.165) is 16.9 Å². The van der Waals surface area contributed by atoms with Gasteiger partial charge in [-0.1, -0.05) is 0 Å². The molecule has 1 amide bonds. The highest BCUT2D eigenvalue weighted by Gasteiger charge is 2.12. The highest BCUT2D eigenvalue weighted by Crippen LogP contribution is 2.16. The molecule has 0 fully saturated rings. The zero-order valence-corrected chi connectivity index (χ0v) is 10.8. The standard InChI is InChI=1S/C13H12N2O3S/c16-12(10-1-2-11(19-10)13(17)18)15-8-5-9-3-6-14-7-4-9/h1-4,6-7H,5,8H2,(H,15,16)(H,17,18). The van der Waals surface area contributed by atoms with Gasteiger partial charge in [0, 0.05) is 18.9 Å².